The second kappa shape index (κ2) is 22.2. The number of carbonyl (C=O) groups is 1. The molecule has 0 spiro atoms. The molecule has 0 aliphatic heterocycles. The maximum absolute atomic E-state index is 11.1. The summed E-state index contributed by atoms with van der Waals surface area (Å²) in [6.07, 6.45) is 20.9. The predicted molar refractivity (Wildman–Crippen MR) is 116 cm³/mol. The Bertz CT molecular complexity index is 379. The third kappa shape index (κ3) is 21.3. The summed E-state index contributed by atoms with van der Waals surface area (Å²) in [7, 11) is 0. The van der Waals surface area contributed by atoms with E-state index in [-0.39, 0.29) is 57.9 Å². The zero-order chi connectivity index (χ0) is 20.3. The number of rotatable bonds is 18. The number of hydrogen-bond acceptors (Lipinski definition) is 3. The maximum Gasteiger partial charge on any atom is 1.00 e. The normalized spacial score (nSPS) is 13.9. The Labute approximate surface area is 217 Å². The maximum atomic E-state index is 11.1. The molecule has 0 aliphatic rings. The monoisotopic (exact) mass is 417 g/mol. The fourth-order valence-electron chi connectivity index (χ4n) is 3.65. The molecule has 0 heterocycles. The molecule has 0 rings (SSSR count). The molecule has 0 aliphatic carbocycles. The molecule has 0 aromatic carbocycles. The van der Waals surface area contributed by atoms with Crippen LogP contribution in [0.2, 0.25) is 0 Å². The standard InChI is InChI=1S/C24H45NO2.K/c1-5-7-9-11-13-15-17-22(3)19-25(21-24(26)27)20-23(4)18-16-14-12-10-8-6-2;/h5-8,22-23H,9-21H2,1-4H3,(H,26,27);/q;+1/p-1/b7-5+,8-6+;. The fraction of sp³-hybridized carbons (Fsp3) is 0.792. The number of carboxylic acids is 1. The van der Waals surface area contributed by atoms with Crippen LogP contribution < -0.4 is 56.5 Å². The van der Waals surface area contributed by atoms with Gasteiger partial charge in [0.05, 0.1) is 5.97 Å². The molecule has 158 valence electrons. The number of carbonyl (C=O) groups excluding carboxylic acids is 1. The Morgan fingerprint density at radius 3 is 1.61 bits per heavy atom. The van der Waals surface area contributed by atoms with Gasteiger partial charge in [0.1, 0.15) is 0 Å². The van der Waals surface area contributed by atoms with Crippen LogP contribution in [0.25, 0.3) is 0 Å². The summed E-state index contributed by atoms with van der Waals surface area (Å²) in [6, 6.07) is 0. The molecule has 3 nitrogen and oxygen atoms in total. The summed E-state index contributed by atoms with van der Waals surface area (Å²) in [4.78, 5) is 13.2. The fourth-order valence-corrected chi connectivity index (χ4v) is 3.65. The van der Waals surface area contributed by atoms with Gasteiger partial charge in [-0.15, -0.1) is 0 Å². The van der Waals surface area contributed by atoms with E-state index in [4.69, 9.17) is 0 Å². The third-order valence-electron chi connectivity index (χ3n) is 5.10. The summed E-state index contributed by atoms with van der Waals surface area (Å²) in [5, 5.41) is 11.1. The summed E-state index contributed by atoms with van der Waals surface area (Å²) < 4.78 is 0. The first-order valence-electron chi connectivity index (χ1n) is 11.1. The minimum atomic E-state index is -0.952. The van der Waals surface area contributed by atoms with Gasteiger partial charge >= 0.3 is 51.4 Å². The molecule has 0 bridgehead atoms. The van der Waals surface area contributed by atoms with E-state index in [1.165, 1.54) is 64.2 Å². The molecule has 0 amide bonds. The van der Waals surface area contributed by atoms with Gasteiger partial charge in [0.15, 0.2) is 0 Å². The molecule has 2 atom stereocenters. The molecule has 0 aromatic rings. The average molecular weight is 418 g/mol. The van der Waals surface area contributed by atoms with E-state index >= 15 is 0 Å². The van der Waals surface area contributed by atoms with E-state index in [0.29, 0.717) is 11.8 Å². The van der Waals surface area contributed by atoms with Crippen LogP contribution in [0.15, 0.2) is 24.3 Å². The van der Waals surface area contributed by atoms with E-state index in [0.717, 1.165) is 13.1 Å². The second-order valence-corrected chi connectivity index (χ2v) is 8.19. The topological polar surface area (TPSA) is 43.4 Å². The molecular weight excluding hydrogens is 373 g/mol. The van der Waals surface area contributed by atoms with Gasteiger partial charge in [-0.2, -0.15) is 0 Å². The van der Waals surface area contributed by atoms with Gasteiger partial charge in [-0.05, 0) is 64.2 Å². The molecule has 0 saturated carbocycles. The van der Waals surface area contributed by atoms with Crippen molar-refractivity contribution in [2.24, 2.45) is 11.8 Å². The minimum absolute atomic E-state index is 0. The van der Waals surface area contributed by atoms with E-state index in [1.54, 1.807) is 0 Å². The number of unbranched alkanes of at least 4 members (excludes halogenated alkanes) is 6. The van der Waals surface area contributed by atoms with Gasteiger partial charge in [0.25, 0.3) is 0 Å². The van der Waals surface area contributed by atoms with Crippen LogP contribution in [0.1, 0.15) is 91.9 Å². The van der Waals surface area contributed by atoms with E-state index in [1.807, 2.05) is 0 Å². The van der Waals surface area contributed by atoms with Crippen LogP contribution in [0.4, 0.5) is 0 Å². The van der Waals surface area contributed by atoms with Crippen molar-refractivity contribution >= 4 is 5.97 Å². The van der Waals surface area contributed by atoms with Crippen LogP contribution in [-0.2, 0) is 4.79 Å². The Morgan fingerprint density at radius 1 is 0.821 bits per heavy atom. The second-order valence-electron chi connectivity index (χ2n) is 8.19. The van der Waals surface area contributed by atoms with Crippen LogP contribution in [0, 0.1) is 11.8 Å². The molecular formula is C24H44KNO2. The molecule has 28 heavy (non-hydrogen) atoms. The first-order valence-corrected chi connectivity index (χ1v) is 11.1. The van der Waals surface area contributed by atoms with Crippen molar-refractivity contribution in [3.8, 4) is 0 Å². The SMILES string of the molecule is C/C=C/CCCCCC(C)CN(CC(=O)[O-])CC(C)CCCCC/C=C/C.[K+]. The van der Waals surface area contributed by atoms with Crippen molar-refractivity contribution in [1.29, 1.82) is 0 Å². The van der Waals surface area contributed by atoms with Gasteiger partial charge in [0.2, 0.25) is 0 Å². The predicted octanol–water partition coefficient (Wildman–Crippen LogP) is 2.37. The van der Waals surface area contributed by atoms with Crippen LogP contribution >= 0.6 is 0 Å². The Balaban J connectivity index is 0. The van der Waals surface area contributed by atoms with E-state index in [2.05, 4.69) is 56.9 Å². The smallest absolute Gasteiger partial charge is 0.549 e. The van der Waals surface area contributed by atoms with Gasteiger partial charge in [-0.25, -0.2) is 0 Å². The van der Waals surface area contributed by atoms with Crippen molar-refractivity contribution < 1.29 is 61.3 Å². The van der Waals surface area contributed by atoms with Crippen molar-refractivity contribution in [2.45, 2.75) is 91.9 Å². The average Bonchev–Trinajstić information content (AvgIpc) is 2.60. The number of carboxylic acid groups (broad SMARTS) is 1. The first-order chi connectivity index (χ1) is 13.0. The Morgan fingerprint density at radius 2 is 1.25 bits per heavy atom. The molecule has 0 fully saturated rings. The van der Waals surface area contributed by atoms with Gasteiger partial charge in [-0.1, -0.05) is 63.8 Å². The van der Waals surface area contributed by atoms with Crippen LogP contribution in [0.3, 0.4) is 0 Å². The molecule has 0 aromatic heterocycles. The molecule has 0 radical (unpaired) electrons. The first kappa shape index (κ1) is 30.7. The van der Waals surface area contributed by atoms with Crippen molar-refractivity contribution in [3.63, 3.8) is 0 Å². The summed E-state index contributed by atoms with van der Waals surface area (Å²) in [5.74, 6) is 0.130. The zero-order valence-electron chi connectivity index (χ0n) is 19.4. The largest absolute Gasteiger partial charge is 1.00 e. The molecule has 0 saturated heterocycles. The zero-order valence-corrected chi connectivity index (χ0v) is 22.5. The van der Waals surface area contributed by atoms with Crippen molar-refractivity contribution in [1.82, 2.24) is 4.90 Å². The summed E-state index contributed by atoms with van der Waals surface area (Å²) >= 11 is 0. The molecule has 0 N–H and O–H groups in total. The number of nitrogens with zero attached hydrogens (tertiary/aromatic N) is 1. The Hall–Kier alpha value is 0.546. The van der Waals surface area contributed by atoms with Gasteiger partial charge in [-0.3, -0.25) is 4.90 Å². The number of aliphatic carboxylic acids is 1. The van der Waals surface area contributed by atoms with Gasteiger partial charge in [0, 0.05) is 19.6 Å². The van der Waals surface area contributed by atoms with E-state index in [9.17, 15) is 9.90 Å². The van der Waals surface area contributed by atoms with Gasteiger partial charge < -0.3 is 9.90 Å². The molecule has 2 unspecified atom stereocenters. The van der Waals surface area contributed by atoms with E-state index < -0.39 is 5.97 Å². The Kier molecular flexibility index (Phi) is 24.4. The third-order valence-corrected chi connectivity index (χ3v) is 5.10. The minimum Gasteiger partial charge on any atom is -0.549 e. The van der Waals surface area contributed by atoms with Crippen LogP contribution in [-0.4, -0.2) is 30.5 Å². The summed E-state index contributed by atoms with van der Waals surface area (Å²) in [5.41, 5.74) is 0. The molecule has 4 heteroatoms. The van der Waals surface area contributed by atoms with Crippen molar-refractivity contribution in [3.05, 3.63) is 24.3 Å². The summed E-state index contributed by atoms with van der Waals surface area (Å²) in [6.45, 7) is 10.4. The van der Waals surface area contributed by atoms with Crippen LogP contribution in [0.5, 0.6) is 0 Å². The number of allylic oxidation sites excluding steroid dienone is 4. The number of hydrogen-bond donors (Lipinski definition) is 0. The van der Waals surface area contributed by atoms with Crippen molar-refractivity contribution in [2.75, 3.05) is 19.6 Å². The quantitative estimate of drug-likeness (QED) is 0.195.